The Labute approximate surface area is 283 Å². The minimum absolute atomic E-state index is 0.778. The highest BCUT2D eigenvalue weighted by Gasteiger charge is 2.18. The molecule has 0 unspecified atom stereocenters. The zero-order valence-electron chi connectivity index (χ0n) is 26.7. The number of aromatic nitrogens is 2. The number of para-hydroxylation sites is 3. The number of nitrogens with two attached hydrogens (primary N) is 1. The highest BCUT2D eigenvalue weighted by molar-refractivity contribution is 6.17. The molecule has 230 valence electrons. The second kappa shape index (κ2) is 10.7. The van der Waals surface area contributed by atoms with E-state index in [0.717, 1.165) is 11.4 Å². The lowest BCUT2D eigenvalue weighted by atomic mass is 9.98. The van der Waals surface area contributed by atoms with E-state index in [0.29, 0.717) is 0 Å². The van der Waals surface area contributed by atoms with E-state index < -0.39 is 0 Å². The molecule has 49 heavy (non-hydrogen) atoms. The topological polar surface area (TPSA) is 35.9 Å². The van der Waals surface area contributed by atoms with Crippen molar-refractivity contribution in [1.29, 1.82) is 0 Å². The Balaban J connectivity index is 1.15. The average Bonchev–Trinajstić information content (AvgIpc) is 3.68. The Morgan fingerprint density at radius 3 is 1.80 bits per heavy atom. The molecule has 0 radical (unpaired) electrons. The lowest BCUT2D eigenvalue weighted by molar-refractivity contribution is 1.18. The summed E-state index contributed by atoms with van der Waals surface area (Å²) in [4.78, 5) is 0. The van der Waals surface area contributed by atoms with Crippen LogP contribution in [-0.2, 0) is 0 Å². The van der Waals surface area contributed by atoms with Gasteiger partial charge in [-0.3, -0.25) is 0 Å². The van der Waals surface area contributed by atoms with E-state index in [4.69, 9.17) is 5.73 Å². The summed E-state index contributed by atoms with van der Waals surface area (Å²) < 4.78 is 4.79. The highest BCUT2D eigenvalue weighted by Crippen LogP contribution is 2.41. The first kappa shape index (κ1) is 27.5. The SMILES string of the molecule is Nc1ccc(-c2ccc3cc(-n4c5ccccc5c5cc(-c6cccc7c6c6ccccc6n7-c6ccccc6)ccc54)ccc3c2)cc1. The zero-order chi connectivity index (χ0) is 32.5. The molecule has 0 bridgehead atoms. The van der Waals surface area contributed by atoms with Gasteiger partial charge in [-0.15, -0.1) is 0 Å². The summed E-state index contributed by atoms with van der Waals surface area (Å²) >= 11 is 0. The molecule has 8 aromatic carbocycles. The van der Waals surface area contributed by atoms with E-state index >= 15 is 0 Å². The summed E-state index contributed by atoms with van der Waals surface area (Å²) in [5, 5.41) is 7.45. The van der Waals surface area contributed by atoms with Crippen LogP contribution < -0.4 is 5.73 Å². The van der Waals surface area contributed by atoms with Crippen LogP contribution in [0.2, 0.25) is 0 Å². The van der Waals surface area contributed by atoms with Crippen molar-refractivity contribution in [2.24, 2.45) is 0 Å². The number of nitrogens with zero attached hydrogens (tertiary/aromatic N) is 2. The van der Waals surface area contributed by atoms with Crippen molar-refractivity contribution in [2.45, 2.75) is 0 Å². The predicted octanol–water partition coefficient (Wildman–Crippen LogP) is 12.0. The second-order valence-electron chi connectivity index (χ2n) is 12.8. The predicted molar refractivity (Wildman–Crippen MR) is 208 cm³/mol. The molecule has 3 heteroatoms. The van der Waals surface area contributed by atoms with Crippen LogP contribution in [0.5, 0.6) is 0 Å². The van der Waals surface area contributed by atoms with Crippen molar-refractivity contribution in [3.63, 3.8) is 0 Å². The van der Waals surface area contributed by atoms with Gasteiger partial charge in [-0.05, 0) is 106 Å². The van der Waals surface area contributed by atoms with Crippen molar-refractivity contribution in [1.82, 2.24) is 9.13 Å². The molecular formula is C46H31N3. The lowest BCUT2D eigenvalue weighted by Gasteiger charge is -2.11. The molecular weight excluding hydrogens is 595 g/mol. The first-order valence-electron chi connectivity index (χ1n) is 16.7. The van der Waals surface area contributed by atoms with Crippen molar-refractivity contribution in [2.75, 3.05) is 5.73 Å². The Bertz CT molecular complexity index is 2870. The van der Waals surface area contributed by atoms with Gasteiger partial charge in [-0.2, -0.15) is 0 Å². The van der Waals surface area contributed by atoms with E-state index in [1.165, 1.54) is 82.3 Å². The molecule has 0 saturated carbocycles. The van der Waals surface area contributed by atoms with Crippen LogP contribution >= 0.6 is 0 Å². The van der Waals surface area contributed by atoms with Crippen molar-refractivity contribution < 1.29 is 0 Å². The van der Waals surface area contributed by atoms with Gasteiger partial charge in [-0.25, -0.2) is 0 Å². The first-order chi connectivity index (χ1) is 24.2. The van der Waals surface area contributed by atoms with E-state index in [1.807, 2.05) is 12.1 Å². The van der Waals surface area contributed by atoms with Crippen LogP contribution in [0, 0.1) is 0 Å². The first-order valence-corrected chi connectivity index (χ1v) is 16.7. The van der Waals surface area contributed by atoms with Crippen LogP contribution in [0.1, 0.15) is 0 Å². The fourth-order valence-corrected chi connectivity index (χ4v) is 7.76. The molecule has 0 aliphatic heterocycles. The standard InChI is InChI=1S/C46H31N3/c47-35-23-19-30(20-24-35)31-17-18-33-28-37(25-21-32(33)27-31)49-42-14-6-4-11-39(42)41-29-34(22-26-44(41)49)38-13-8-16-45-46(38)40-12-5-7-15-43(40)48(45)36-9-2-1-3-10-36/h1-29H,47H2. The van der Waals surface area contributed by atoms with Gasteiger partial charge in [0.15, 0.2) is 0 Å². The molecule has 2 heterocycles. The number of nitrogen functional groups attached to an aromatic ring is 1. The quantitative estimate of drug-likeness (QED) is 0.194. The summed E-state index contributed by atoms with van der Waals surface area (Å²) in [7, 11) is 0. The summed E-state index contributed by atoms with van der Waals surface area (Å²) in [6, 6.07) is 63.4. The van der Waals surface area contributed by atoms with Crippen LogP contribution in [0.15, 0.2) is 176 Å². The van der Waals surface area contributed by atoms with Gasteiger partial charge < -0.3 is 14.9 Å². The largest absolute Gasteiger partial charge is 0.399 e. The van der Waals surface area contributed by atoms with E-state index in [9.17, 15) is 0 Å². The van der Waals surface area contributed by atoms with Gasteiger partial charge >= 0.3 is 0 Å². The number of fused-ring (bicyclic) bond motifs is 7. The van der Waals surface area contributed by atoms with Gasteiger partial charge in [0.2, 0.25) is 0 Å². The molecule has 2 N–H and O–H groups in total. The number of benzene rings is 8. The fourth-order valence-electron chi connectivity index (χ4n) is 7.76. The second-order valence-corrected chi connectivity index (χ2v) is 12.8. The Morgan fingerprint density at radius 2 is 0.959 bits per heavy atom. The third kappa shape index (κ3) is 4.29. The normalized spacial score (nSPS) is 11.8. The molecule has 0 saturated heterocycles. The fraction of sp³-hybridized carbons (Fsp3) is 0. The molecule has 0 spiro atoms. The van der Waals surface area contributed by atoms with Gasteiger partial charge in [0.25, 0.3) is 0 Å². The summed E-state index contributed by atoms with van der Waals surface area (Å²) in [5.74, 6) is 0. The third-order valence-electron chi connectivity index (χ3n) is 10.0. The number of anilines is 1. The minimum Gasteiger partial charge on any atom is -0.399 e. The van der Waals surface area contributed by atoms with Gasteiger partial charge in [0.05, 0.1) is 22.1 Å². The van der Waals surface area contributed by atoms with E-state index in [2.05, 4.69) is 173 Å². The van der Waals surface area contributed by atoms with Gasteiger partial charge in [0, 0.05) is 38.6 Å². The number of hydrogen-bond acceptors (Lipinski definition) is 1. The lowest BCUT2D eigenvalue weighted by Crippen LogP contribution is -1.94. The maximum atomic E-state index is 5.93. The molecule has 0 fully saturated rings. The Hall–Kier alpha value is -6.58. The number of hydrogen-bond donors (Lipinski definition) is 1. The molecule has 3 nitrogen and oxygen atoms in total. The summed E-state index contributed by atoms with van der Waals surface area (Å²) in [5.41, 5.74) is 18.7. The molecule has 0 amide bonds. The zero-order valence-corrected chi connectivity index (χ0v) is 26.7. The summed E-state index contributed by atoms with van der Waals surface area (Å²) in [6.45, 7) is 0. The number of rotatable bonds is 4. The smallest absolute Gasteiger partial charge is 0.0547 e. The van der Waals surface area contributed by atoms with Crippen molar-refractivity contribution in [3.8, 4) is 33.6 Å². The van der Waals surface area contributed by atoms with Crippen molar-refractivity contribution >= 4 is 60.1 Å². The molecule has 10 aromatic rings. The molecule has 0 aliphatic carbocycles. The van der Waals surface area contributed by atoms with Crippen LogP contribution in [-0.4, -0.2) is 9.13 Å². The van der Waals surface area contributed by atoms with Gasteiger partial charge in [0.1, 0.15) is 0 Å². The minimum atomic E-state index is 0.778. The van der Waals surface area contributed by atoms with Crippen LogP contribution in [0.4, 0.5) is 5.69 Å². The monoisotopic (exact) mass is 625 g/mol. The highest BCUT2D eigenvalue weighted by atomic mass is 15.0. The molecule has 0 aliphatic rings. The third-order valence-corrected chi connectivity index (χ3v) is 10.0. The van der Waals surface area contributed by atoms with Crippen LogP contribution in [0.25, 0.3) is 88.0 Å². The maximum absolute atomic E-state index is 5.93. The molecule has 0 atom stereocenters. The average molecular weight is 626 g/mol. The maximum Gasteiger partial charge on any atom is 0.0547 e. The Kier molecular flexibility index (Phi) is 6.03. The molecule has 10 rings (SSSR count). The molecule has 2 aromatic heterocycles. The Morgan fingerprint density at radius 1 is 0.347 bits per heavy atom. The van der Waals surface area contributed by atoms with Gasteiger partial charge in [-0.1, -0.05) is 103 Å². The van der Waals surface area contributed by atoms with E-state index in [-0.39, 0.29) is 0 Å². The van der Waals surface area contributed by atoms with Crippen molar-refractivity contribution in [3.05, 3.63) is 176 Å². The van der Waals surface area contributed by atoms with Crippen LogP contribution in [0.3, 0.4) is 0 Å². The summed E-state index contributed by atoms with van der Waals surface area (Å²) in [6.07, 6.45) is 0. The van der Waals surface area contributed by atoms with E-state index in [1.54, 1.807) is 0 Å².